The second kappa shape index (κ2) is 10.0. The van der Waals surface area contributed by atoms with Gasteiger partial charge < -0.3 is 14.8 Å². The van der Waals surface area contributed by atoms with Gasteiger partial charge in [0.15, 0.2) is 0 Å². The van der Waals surface area contributed by atoms with Gasteiger partial charge in [-0.2, -0.15) is 0 Å². The summed E-state index contributed by atoms with van der Waals surface area (Å²) < 4.78 is 10.0. The van der Waals surface area contributed by atoms with E-state index in [0.29, 0.717) is 17.7 Å². The van der Waals surface area contributed by atoms with Gasteiger partial charge in [-0.15, -0.1) is 0 Å². The van der Waals surface area contributed by atoms with Crippen molar-refractivity contribution in [1.29, 1.82) is 0 Å². The zero-order valence-corrected chi connectivity index (χ0v) is 15.9. The third kappa shape index (κ3) is 5.26. The summed E-state index contributed by atoms with van der Waals surface area (Å²) in [6.07, 6.45) is 4.40. The standard InChI is InChI=1S/C19H22N4O5/c1-4-21-19(26)23-16-15(18(25)28-6-3)8-13(11-22-16)12-7-14(10-20-9-12)17(24)27-5-2/h7-11H,4-6H2,1-3H3,(H2,21,22,23,26). The van der Waals surface area contributed by atoms with E-state index in [1.807, 2.05) is 0 Å². The lowest BCUT2D eigenvalue weighted by atomic mass is 10.1. The van der Waals surface area contributed by atoms with Gasteiger partial charge in [-0.25, -0.2) is 19.4 Å². The molecule has 0 spiro atoms. The second-order valence-electron chi connectivity index (χ2n) is 5.51. The molecule has 28 heavy (non-hydrogen) atoms. The van der Waals surface area contributed by atoms with Crippen molar-refractivity contribution < 1.29 is 23.9 Å². The van der Waals surface area contributed by atoms with E-state index in [4.69, 9.17) is 9.47 Å². The van der Waals surface area contributed by atoms with Crippen LogP contribution in [0.3, 0.4) is 0 Å². The molecule has 0 aliphatic carbocycles. The molecule has 0 aliphatic rings. The Labute approximate surface area is 162 Å². The first-order valence-corrected chi connectivity index (χ1v) is 8.84. The molecule has 2 heterocycles. The van der Waals surface area contributed by atoms with E-state index in [1.54, 1.807) is 26.8 Å². The number of rotatable bonds is 7. The second-order valence-corrected chi connectivity index (χ2v) is 5.51. The maximum absolute atomic E-state index is 12.3. The van der Waals surface area contributed by atoms with Gasteiger partial charge in [-0.05, 0) is 32.9 Å². The van der Waals surface area contributed by atoms with Crippen LogP contribution in [0.5, 0.6) is 0 Å². The minimum absolute atomic E-state index is 0.0719. The summed E-state index contributed by atoms with van der Waals surface area (Å²) in [5.74, 6) is -1.05. The summed E-state index contributed by atoms with van der Waals surface area (Å²) in [4.78, 5) is 44.3. The fourth-order valence-corrected chi connectivity index (χ4v) is 2.32. The molecule has 148 valence electrons. The van der Waals surface area contributed by atoms with Crippen LogP contribution >= 0.6 is 0 Å². The number of carbonyl (C=O) groups excluding carboxylic acids is 3. The fourth-order valence-electron chi connectivity index (χ4n) is 2.32. The molecular weight excluding hydrogens is 364 g/mol. The molecule has 2 aromatic rings. The number of amides is 2. The van der Waals surface area contributed by atoms with Crippen molar-refractivity contribution in [3.05, 3.63) is 41.9 Å². The number of ether oxygens (including phenoxy) is 2. The molecule has 2 N–H and O–H groups in total. The van der Waals surface area contributed by atoms with Gasteiger partial charge >= 0.3 is 18.0 Å². The van der Waals surface area contributed by atoms with Crippen LogP contribution < -0.4 is 10.6 Å². The van der Waals surface area contributed by atoms with Crippen LogP contribution in [0.15, 0.2) is 30.7 Å². The molecule has 0 bridgehead atoms. The Balaban J connectivity index is 2.42. The van der Waals surface area contributed by atoms with Crippen LogP contribution in [0, 0.1) is 0 Å². The number of carbonyl (C=O) groups is 3. The predicted octanol–water partition coefficient (Wildman–Crippen LogP) is 2.64. The number of pyridine rings is 2. The van der Waals surface area contributed by atoms with Crippen molar-refractivity contribution in [3.8, 4) is 11.1 Å². The first-order valence-electron chi connectivity index (χ1n) is 8.84. The molecule has 2 amide bonds. The number of anilines is 1. The molecule has 0 unspecified atom stereocenters. The number of nitrogens with zero attached hydrogens (tertiary/aromatic N) is 2. The van der Waals surface area contributed by atoms with Crippen molar-refractivity contribution in [2.24, 2.45) is 0 Å². The highest BCUT2D eigenvalue weighted by Crippen LogP contribution is 2.24. The van der Waals surface area contributed by atoms with Gasteiger partial charge in [0.1, 0.15) is 11.4 Å². The van der Waals surface area contributed by atoms with Crippen molar-refractivity contribution >= 4 is 23.8 Å². The van der Waals surface area contributed by atoms with Crippen LogP contribution in [0.25, 0.3) is 11.1 Å². The summed E-state index contributed by atoms with van der Waals surface area (Å²) in [6, 6.07) is 2.63. The highest BCUT2D eigenvalue weighted by atomic mass is 16.5. The first kappa shape index (κ1) is 20.8. The average molecular weight is 386 g/mol. The average Bonchev–Trinajstić information content (AvgIpc) is 2.69. The van der Waals surface area contributed by atoms with Crippen molar-refractivity contribution in [3.63, 3.8) is 0 Å². The molecular formula is C19H22N4O5. The van der Waals surface area contributed by atoms with Gasteiger partial charge in [0.05, 0.1) is 18.8 Å². The summed E-state index contributed by atoms with van der Waals surface area (Å²) in [5.41, 5.74) is 1.46. The molecule has 0 radical (unpaired) electrons. The molecule has 2 aromatic heterocycles. The van der Waals surface area contributed by atoms with E-state index in [9.17, 15) is 14.4 Å². The highest BCUT2D eigenvalue weighted by Gasteiger charge is 2.18. The predicted molar refractivity (Wildman–Crippen MR) is 102 cm³/mol. The van der Waals surface area contributed by atoms with E-state index in [-0.39, 0.29) is 30.2 Å². The smallest absolute Gasteiger partial charge is 0.341 e. The molecule has 0 saturated carbocycles. The largest absolute Gasteiger partial charge is 0.462 e. The van der Waals surface area contributed by atoms with E-state index >= 15 is 0 Å². The lowest BCUT2D eigenvalue weighted by molar-refractivity contribution is 0.0516. The molecule has 9 nitrogen and oxygen atoms in total. The topological polar surface area (TPSA) is 120 Å². The molecule has 0 aliphatic heterocycles. The lowest BCUT2D eigenvalue weighted by Crippen LogP contribution is -2.29. The summed E-state index contributed by atoms with van der Waals surface area (Å²) in [7, 11) is 0. The molecule has 0 atom stereocenters. The Morgan fingerprint density at radius 2 is 1.61 bits per heavy atom. The number of urea groups is 1. The molecule has 0 aromatic carbocycles. The monoisotopic (exact) mass is 386 g/mol. The SMILES string of the molecule is CCNC(=O)Nc1ncc(-c2cncc(C(=O)OCC)c2)cc1C(=O)OCC. The van der Waals surface area contributed by atoms with Gasteiger partial charge in [0.25, 0.3) is 0 Å². The van der Waals surface area contributed by atoms with Crippen molar-refractivity contribution in [2.45, 2.75) is 20.8 Å². The summed E-state index contributed by atoms with van der Waals surface area (Å²) in [6.45, 7) is 6.00. The molecule has 0 saturated heterocycles. The van der Waals surface area contributed by atoms with Gasteiger partial charge in [-0.3, -0.25) is 10.3 Å². The van der Waals surface area contributed by atoms with E-state index < -0.39 is 18.0 Å². The summed E-state index contributed by atoms with van der Waals surface area (Å²) >= 11 is 0. The lowest BCUT2D eigenvalue weighted by Gasteiger charge is -2.12. The normalized spacial score (nSPS) is 10.1. The molecule has 9 heteroatoms. The number of hydrogen-bond donors (Lipinski definition) is 2. The maximum Gasteiger partial charge on any atom is 0.341 e. The fraction of sp³-hybridized carbons (Fsp3) is 0.316. The van der Waals surface area contributed by atoms with Crippen LogP contribution in [-0.4, -0.2) is 47.7 Å². The Kier molecular flexibility index (Phi) is 7.44. The van der Waals surface area contributed by atoms with Gasteiger partial charge in [0.2, 0.25) is 0 Å². The van der Waals surface area contributed by atoms with Crippen LogP contribution in [0.4, 0.5) is 10.6 Å². The zero-order valence-electron chi connectivity index (χ0n) is 15.9. The van der Waals surface area contributed by atoms with Crippen LogP contribution in [0.2, 0.25) is 0 Å². The molecule has 2 rings (SSSR count). The van der Waals surface area contributed by atoms with Crippen molar-refractivity contribution in [2.75, 3.05) is 25.1 Å². The van der Waals surface area contributed by atoms with Crippen LogP contribution in [-0.2, 0) is 9.47 Å². The third-order valence-electron chi connectivity index (χ3n) is 3.54. The van der Waals surface area contributed by atoms with Crippen LogP contribution in [0.1, 0.15) is 41.5 Å². The minimum atomic E-state index is -0.627. The molecule has 0 fully saturated rings. The Hall–Kier alpha value is -3.49. The van der Waals surface area contributed by atoms with E-state index in [1.165, 1.54) is 24.7 Å². The van der Waals surface area contributed by atoms with E-state index in [2.05, 4.69) is 20.6 Å². The number of aromatic nitrogens is 2. The Morgan fingerprint density at radius 3 is 2.29 bits per heavy atom. The van der Waals surface area contributed by atoms with E-state index in [0.717, 1.165) is 0 Å². The maximum atomic E-state index is 12.3. The van der Waals surface area contributed by atoms with Gasteiger partial charge in [-0.1, -0.05) is 0 Å². The number of nitrogens with one attached hydrogen (secondary N) is 2. The zero-order chi connectivity index (χ0) is 20.5. The minimum Gasteiger partial charge on any atom is -0.462 e. The Morgan fingerprint density at radius 1 is 0.929 bits per heavy atom. The Bertz CT molecular complexity index is 869. The van der Waals surface area contributed by atoms with Gasteiger partial charge in [0, 0.05) is 36.3 Å². The first-order chi connectivity index (χ1) is 13.5. The van der Waals surface area contributed by atoms with Crippen molar-refractivity contribution in [1.82, 2.24) is 15.3 Å². The quantitative estimate of drug-likeness (QED) is 0.702. The third-order valence-corrected chi connectivity index (χ3v) is 3.54. The number of esters is 2. The summed E-state index contributed by atoms with van der Waals surface area (Å²) in [5, 5.41) is 5.09. The highest BCUT2D eigenvalue weighted by molar-refractivity contribution is 6.00. The number of hydrogen-bond acceptors (Lipinski definition) is 7.